The standard InChI is InChI=1S/C23H25N5O2/c29-21(7-4-12-25-23(30)18-8-9-18)26-15-19-16-28(20-5-2-1-3-6-20)27-22(19)17-10-13-24-14-11-17/h1-3,5-6,10-11,13-14,16,18H,4,7-9,12,15H2,(H,25,30)(H,26,29). The monoisotopic (exact) mass is 403 g/mol. The molecule has 0 radical (unpaired) electrons. The normalized spacial score (nSPS) is 13.1. The molecule has 7 nitrogen and oxygen atoms in total. The van der Waals surface area contributed by atoms with E-state index in [-0.39, 0.29) is 17.7 Å². The van der Waals surface area contributed by atoms with Gasteiger partial charge in [0.2, 0.25) is 11.8 Å². The summed E-state index contributed by atoms with van der Waals surface area (Å²) in [5, 5.41) is 10.6. The van der Waals surface area contributed by atoms with Crippen molar-refractivity contribution >= 4 is 11.8 Å². The summed E-state index contributed by atoms with van der Waals surface area (Å²) < 4.78 is 1.82. The summed E-state index contributed by atoms with van der Waals surface area (Å²) in [7, 11) is 0. The number of para-hydroxylation sites is 1. The zero-order chi connectivity index (χ0) is 20.8. The van der Waals surface area contributed by atoms with E-state index in [2.05, 4.69) is 15.6 Å². The lowest BCUT2D eigenvalue weighted by Gasteiger charge is -2.06. The first-order valence-corrected chi connectivity index (χ1v) is 10.3. The molecule has 1 aliphatic carbocycles. The predicted octanol–water partition coefficient (Wildman–Crippen LogP) is 2.86. The summed E-state index contributed by atoms with van der Waals surface area (Å²) in [5.74, 6) is 0.279. The molecule has 2 N–H and O–H groups in total. The second kappa shape index (κ2) is 9.35. The van der Waals surface area contributed by atoms with E-state index in [4.69, 9.17) is 5.10 Å². The highest BCUT2D eigenvalue weighted by Crippen LogP contribution is 2.28. The molecule has 7 heteroatoms. The van der Waals surface area contributed by atoms with Gasteiger partial charge in [-0.25, -0.2) is 4.68 Å². The second-order valence-corrected chi connectivity index (χ2v) is 7.46. The maximum atomic E-state index is 12.3. The van der Waals surface area contributed by atoms with Crippen LogP contribution in [0, 0.1) is 5.92 Å². The topological polar surface area (TPSA) is 88.9 Å². The van der Waals surface area contributed by atoms with Gasteiger partial charge in [-0.05, 0) is 43.5 Å². The van der Waals surface area contributed by atoms with Gasteiger partial charge in [-0.1, -0.05) is 18.2 Å². The highest BCUT2D eigenvalue weighted by Gasteiger charge is 2.29. The van der Waals surface area contributed by atoms with Gasteiger partial charge in [0.05, 0.1) is 11.4 Å². The Kier molecular flexibility index (Phi) is 6.17. The van der Waals surface area contributed by atoms with Crippen molar-refractivity contribution in [3.63, 3.8) is 0 Å². The highest BCUT2D eigenvalue weighted by atomic mass is 16.2. The van der Waals surface area contributed by atoms with E-state index >= 15 is 0 Å². The largest absolute Gasteiger partial charge is 0.356 e. The minimum absolute atomic E-state index is 0.0381. The average Bonchev–Trinajstić information content (AvgIpc) is 3.56. The van der Waals surface area contributed by atoms with Crippen LogP contribution in [-0.2, 0) is 16.1 Å². The molecule has 0 atom stereocenters. The van der Waals surface area contributed by atoms with Crippen LogP contribution in [0.1, 0.15) is 31.2 Å². The zero-order valence-electron chi connectivity index (χ0n) is 16.8. The maximum Gasteiger partial charge on any atom is 0.223 e. The fourth-order valence-corrected chi connectivity index (χ4v) is 3.24. The number of hydrogen-bond donors (Lipinski definition) is 2. The van der Waals surface area contributed by atoms with Crippen LogP contribution in [-0.4, -0.2) is 33.1 Å². The number of nitrogens with one attached hydrogen (secondary N) is 2. The first-order chi connectivity index (χ1) is 14.7. The smallest absolute Gasteiger partial charge is 0.223 e. The molecule has 0 aliphatic heterocycles. The van der Waals surface area contributed by atoms with Gasteiger partial charge in [0.1, 0.15) is 0 Å². The van der Waals surface area contributed by atoms with E-state index in [1.807, 2.05) is 53.3 Å². The average molecular weight is 403 g/mol. The number of benzene rings is 1. The third kappa shape index (κ3) is 5.11. The van der Waals surface area contributed by atoms with Gasteiger partial charge < -0.3 is 10.6 Å². The molecule has 2 heterocycles. The lowest BCUT2D eigenvalue weighted by molar-refractivity contribution is -0.123. The van der Waals surface area contributed by atoms with Gasteiger partial charge in [0, 0.05) is 55.1 Å². The molecule has 1 aromatic carbocycles. The molecular formula is C23H25N5O2. The number of hydrogen-bond acceptors (Lipinski definition) is 4. The molecule has 2 aromatic heterocycles. The maximum absolute atomic E-state index is 12.3. The molecule has 0 unspecified atom stereocenters. The van der Waals surface area contributed by atoms with Crippen LogP contribution in [0.3, 0.4) is 0 Å². The molecule has 0 bridgehead atoms. The van der Waals surface area contributed by atoms with E-state index in [0.29, 0.717) is 25.9 Å². The summed E-state index contributed by atoms with van der Waals surface area (Å²) in [6.45, 7) is 0.925. The first-order valence-electron chi connectivity index (χ1n) is 10.3. The quantitative estimate of drug-likeness (QED) is 0.538. The predicted molar refractivity (Wildman–Crippen MR) is 114 cm³/mol. The van der Waals surface area contributed by atoms with Crippen molar-refractivity contribution in [1.82, 2.24) is 25.4 Å². The summed E-state index contributed by atoms with van der Waals surface area (Å²) >= 11 is 0. The fourth-order valence-electron chi connectivity index (χ4n) is 3.24. The minimum atomic E-state index is -0.0381. The molecule has 3 aromatic rings. The number of carbonyl (C=O) groups is 2. The molecule has 1 aliphatic rings. The Balaban J connectivity index is 1.38. The van der Waals surface area contributed by atoms with Gasteiger partial charge in [0.15, 0.2) is 0 Å². The van der Waals surface area contributed by atoms with E-state index in [0.717, 1.165) is 35.3 Å². The zero-order valence-corrected chi connectivity index (χ0v) is 16.8. The van der Waals surface area contributed by atoms with Crippen molar-refractivity contribution in [1.29, 1.82) is 0 Å². The van der Waals surface area contributed by atoms with Crippen molar-refractivity contribution < 1.29 is 9.59 Å². The summed E-state index contributed by atoms with van der Waals surface area (Å²) in [4.78, 5) is 28.0. The van der Waals surface area contributed by atoms with Crippen LogP contribution in [0.15, 0.2) is 61.1 Å². The van der Waals surface area contributed by atoms with Crippen LogP contribution < -0.4 is 10.6 Å². The Bertz CT molecular complexity index is 997. The second-order valence-electron chi connectivity index (χ2n) is 7.46. The van der Waals surface area contributed by atoms with Gasteiger partial charge in [0.25, 0.3) is 0 Å². The molecular weight excluding hydrogens is 378 g/mol. The third-order valence-corrected chi connectivity index (χ3v) is 5.07. The summed E-state index contributed by atoms with van der Waals surface area (Å²) in [6, 6.07) is 13.7. The highest BCUT2D eigenvalue weighted by molar-refractivity contribution is 5.81. The number of rotatable bonds is 9. The van der Waals surface area contributed by atoms with E-state index in [1.165, 1.54) is 0 Å². The van der Waals surface area contributed by atoms with Gasteiger partial charge in [-0.3, -0.25) is 14.6 Å². The molecule has 4 rings (SSSR count). The number of aromatic nitrogens is 3. The molecule has 1 fully saturated rings. The van der Waals surface area contributed by atoms with Gasteiger partial charge >= 0.3 is 0 Å². The SMILES string of the molecule is O=C(CCCNC(=O)C1CC1)NCc1cn(-c2ccccc2)nc1-c1ccncc1. The molecule has 0 saturated heterocycles. The van der Waals surface area contributed by atoms with Crippen LogP contribution in [0.25, 0.3) is 16.9 Å². The third-order valence-electron chi connectivity index (χ3n) is 5.07. The van der Waals surface area contributed by atoms with Gasteiger partial charge in [-0.2, -0.15) is 5.10 Å². The lowest BCUT2D eigenvalue weighted by Crippen LogP contribution is -2.28. The minimum Gasteiger partial charge on any atom is -0.356 e. The number of carbonyl (C=O) groups excluding carboxylic acids is 2. The molecule has 30 heavy (non-hydrogen) atoms. The Hall–Kier alpha value is -3.48. The molecule has 2 amide bonds. The van der Waals surface area contributed by atoms with Crippen molar-refractivity contribution in [2.75, 3.05) is 6.54 Å². The van der Waals surface area contributed by atoms with Crippen molar-refractivity contribution in [2.45, 2.75) is 32.2 Å². The van der Waals surface area contributed by atoms with Crippen LogP contribution in [0.4, 0.5) is 0 Å². The number of nitrogens with zero attached hydrogens (tertiary/aromatic N) is 3. The summed E-state index contributed by atoms with van der Waals surface area (Å²) in [6.07, 6.45) is 8.39. The fraction of sp³-hybridized carbons (Fsp3) is 0.304. The molecule has 0 spiro atoms. The van der Waals surface area contributed by atoms with E-state index in [9.17, 15) is 9.59 Å². The number of amides is 2. The molecule has 1 saturated carbocycles. The van der Waals surface area contributed by atoms with Crippen molar-refractivity contribution in [2.24, 2.45) is 5.92 Å². The summed E-state index contributed by atoms with van der Waals surface area (Å²) in [5.41, 5.74) is 3.65. The Labute approximate surface area is 175 Å². The van der Waals surface area contributed by atoms with Gasteiger partial charge in [-0.15, -0.1) is 0 Å². The van der Waals surface area contributed by atoms with Crippen molar-refractivity contribution in [3.05, 3.63) is 66.6 Å². The van der Waals surface area contributed by atoms with Crippen molar-refractivity contribution in [3.8, 4) is 16.9 Å². The Morgan fingerprint density at radius 2 is 1.80 bits per heavy atom. The van der Waals surface area contributed by atoms with E-state index < -0.39 is 0 Å². The van der Waals surface area contributed by atoms with Crippen LogP contribution in [0.5, 0.6) is 0 Å². The lowest BCUT2D eigenvalue weighted by atomic mass is 10.1. The Morgan fingerprint density at radius 3 is 2.53 bits per heavy atom. The first kappa shape index (κ1) is 19.8. The molecule has 154 valence electrons. The van der Waals surface area contributed by atoms with Crippen LogP contribution in [0.2, 0.25) is 0 Å². The Morgan fingerprint density at radius 1 is 1.03 bits per heavy atom. The van der Waals surface area contributed by atoms with E-state index in [1.54, 1.807) is 12.4 Å². The van der Waals surface area contributed by atoms with Crippen LogP contribution >= 0.6 is 0 Å². The number of pyridine rings is 1.